The Morgan fingerprint density at radius 1 is 0.175 bits per heavy atom. The van der Waals surface area contributed by atoms with Crippen molar-refractivity contribution in [2.75, 3.05) is 0 Å². The third kappa shape index (κ3) is 5.71. The summed E-state index contributed by atoms with van der Waals surface area (Å²) in [4.78, 5) is 0. The van der Waals surface area contributed by atoms with Crippen LogP contribution in [0.4, 0.5) is 0 Å². The van der Waals surface area contributed by atoms with Crippen molar-refractivity contribution in [3.63, 3.8) is 0 Å². The van der Waals surface area contributed by atoms with E-state index in [-0.39, 0.29) is 0 Å². The van der Waals surface area contributed by atoms with Gasteiger partial charge in [0.2, 0.25) is 0 Å². The van der Waals surface area contributed by atoms with Crippen LogP contribution in [0.25, 0.3) is 131 Å². The van der Waals surface area contributed by atoms with Gasteiger partial charge in [-0.25, -0.2) is 0 Å². The van der Waals surface area contributed by atoms with Gasteiger partial charge in [-0.05, 0) is 158 Å². The fraction of sp³-hybridized carbons (Fsp3) is 0. The van der Waals surface area contributed by atoms with Crippen molar-refractivity contribution >= 4 is 75.8 Å². The molecular formula is C62H38O. The lowest BCUT2D eigenvalue weighted by Crippen LogP contribution is -1.93. The van der Waals surface area contributed by atoms with Gasteiger partial charge in [0.15, 0.2) is 0 Å². The van der Waals surface area contributed by atoms with E-state index in [9.17, 15) is 0 Å². The molecule has 0 fully saturated rings. The standard InChI is InChI=1S/C62H38O/c1-4-16-39(17-5-1)42-28-30-47-54(35-42)55-36-43(29-31-48(55)57-38-60-58(37-56(47)57)49-22-14-15-27-59(49)63-60)61-50-23-10-12-25-52(50)62(53-26-13-11-24-51(53)61)46-33-44(40-18-6-2-7-19-40)32-45(34-46)41-20-8-3-9-21-41/h1-38H. The number of furan rings is 1. The van der Waals surface area contributed by atoms with Crippen LogP contribution in [0.3, 0.4) is 0 Å². The zero-order valence-electron chi connectivity index (χ0n) is 34.3. The van der Waals surface area contributed by atoms with E-state index in [1.165, 1.54) is 109 Å². The maximum Gasteiger partial charge on any atom is 0.136 e. The summed E-state index contributed by atoms with van der Waals surface area (Å²) in [6.07, 6.45) is 0. The Labute approximate surface area is 364 Å². The van der Waals surface area contributed by atoms with Crippen LogP contribution in [0.5, 0.6) is 0 Å². The molecule has 0 N–H and O–H groups in total. The summed E-state index contributed by atoms with van der Waals surface area (Å²) in [7, 11) is 0. The molecule has 0 radical (unpaired) electrons. The summed E-state index contributed by atoms with van der Waals surface area (Å²) in [6.45, 7) is 0. The van der Waals surface area contributed by atoms with Gasteiger partial charge in [0, 0.05) is 10.8 Å². The quantitative estimate of drug-likeness (QED) is 0.125. The summed E-state index contributed by atoms with van der Waals surface area (Å²) in [5, 5.41) is 14.6. The minimum atomic E-state index is 0.911. The van der Waals surface area contributed by atoms with Crippen LogP contribution in [0.1, 0.15) is 0 Å². The maximum atomic E-state index is 6.50. The second-order valence-electron chi connectivity index (χ2n) is 16.8. The molecule has 0 aliphatic rings. The van der Waals surface area contributed by atoms with Gasteiger partial charge < -0.3 is 4.42 Å². The number of benzene rings is 12. The van der Waals surface area contributed by atoms with Crippen molar-refractivity contribution in [1.29, 1.82) is 0 Å². The summed E-state index contributed by atoms with van der Waals surface area (Å²) in [6, 6.07) is 84.5. The molecule has 12 aromatic carbocycles. The van der Waals surface area contributed by atoms with Crippen LogP contribution in [0.15, 0.2) is 235 Å². The molecule has 0 bridgehead atoms. The predicted octanol–water partition coefficient (Wildman–Crippen LogP) is 17.7. The van der Waals surface area contributed by atoms with Crippen LogP contribution < -0.4 is 0 Å². The highest BCUT2D eigenvalue weighted by Gasteiger charge is 2.20. The van der Waals surface area contributed by atoms with Gasteiger partial charge in [-0.3, -0.25) is 0 Å². The third-order valence-corrected chi connectivity index (χ3v) is 13.2. The number of para-hydroxylation sites is 1. The third-order valence-electron chi connectivity index (χ3n) is 13.2. The van der Waals surface area contributed by atoms with Gasteiger partial charge in [-0.15, -0.1) is 0 Å². The van der Waals surface area contributed by atoms with Crippen LogP contribution in [0.2, 0.25) is 0 Å². The Bertz CT molecular complexity index is 3820. The minimum Gasteiger partial charge on any atom is -0.456 e. The molecule has 0 saturated carbocycles. The number of fused-ring (bicyclic) bond motifs is 11. The lowest BCUT2D eigenvalue weighted by atomic mass is 9.83. The molecular weight excluding hydrogens is 761 g/mol. The molecule has 292 valence electrons. The van der Waals surface area contributed by atoms with E-state index < -0.39 is 0 Å². The fourth-order valence-corrected chi connectivity index (χ4v) is 10.3. The van der Waals surface area contributed by atoms with Crippen molar-refractivity contribution in [2.24, 2.45) is 0 Å². The predicted molar refractivity (Wildman–Crippen MR) is 268 cm³/mol. The van der Waals surface area contributed by atoms with E-state index in [0.29, 0.717) is 0 Å². The first-order valence-electron chi connectivity index (χ1n) is 21.7. The molecule has 13 rings (SSSR count). The molecule has 1 heteroatoms. The van der Waals surface area contributed by atoms with Crippen LogP contribution in [-0.4, -0.2) is 0 Å². The first-order valence-corrected chi connectivity index (χ1v) is 21.7. The highest BCUT2D eigenvalue weighted by Crippen LogP contribution is 2.48. The van der Waals surface area contributed by atoms with Crippen molar-refractivity contribution in [1.82, 2.24) is 0 Å². The van der Waals surface area contributed by atoms with Crippen molar-refractivity contribution in [3.8, 4) is 55.6 Å². The molecule has 1 heterocycles. The molecule has 0 atom stereocenters. The van der Waals surface area contributed by atoms with E-state index in [1.807, 2.05) is 6.07 Å². The van der Waals surface area contributed by atoms with Crippen LogP contribution >= 0.6 is 0 Å². The van der Waals surface area contributed by atoms with Gasteiger partial charge in [-0.1, -0.05) is 182 Å². The zero-order valence-corrected chi connectivity index (χ0v) is 34.3. The van der Waals surface area contributed by atoms with Crippen molar-refractivity contribution < 1.29 is 4.42 Å². The zero-order chi connectivity index (χ0) is 41.4. The van der Waals surface area contributed by atoms with Gasteiger partial charge in [0.05, 0.1) is 0 Å². The molecule has 0 spiro atoms. The van der Waals surface area contributed by atoms with Crippen LogP contribution in [0, 0.1) is 0 Å². The Hall–Kier alpha value is -8.26. The van der Waals surface area contributed by atoms with Crippen LogP contribution in [-0.2, 0) is 0 Å². The minimum absolute atomic E-state index is 0.911. The molecule has 1 aromatic heterocycles. The highest BCUT2D eigenvalue weighted by molar-refractivity contribution is 6.30. The number of hydrogen-bond donors (Lipinski definition) is 0. The molecule has 0 aliphatic carbocycles. The first kappa shape index (κ1) is 35.5. The average Bonchev–Trinajstić information content (AvgIpc) is 3.73. The molecule has 1 nitrogen and oxygen atoms in total. The topological polar surface area (TPSA) is 13.1 Å². The Balaban J connectivity index is 1.10. The van der Waals surface area contributed by atoms with Gasteiger partial charge in [0.1, 0.15) is 11.2 Å². The van der Waals surface area contributed by atoms with E-state index in [1.54, 1.807) is 0 Å². The number of hydrogen-bond acceptors (Lipinski definition) is 1. The second-order valence-corrected chi connectivity index (χ2v) is 16.8. The van der Waals surface area contributed by atoms with Crippen molar-refractivity contribution in [3.05, 3.63) is 231 Å². The van der Waals surface area contributed by atoms with E-state index in [4.69, 9.17) is 4.42 Å². The molecule has 13 aromatic rings. The van der Waals surface area contributed by atoms with Gasteiger partial charge in [-0.2, -0.15) is 0 Å². The Morgan fingerprint density at radius 3 is 1.13 bits per heavy atom. The highest BCUT2D eigenvalue weighted by atomic mass is 16.3. The summed E-state index contributed by atoms with van der Waals surface area (Å²) >= 11 is 0. The molecule has 0 aliphatic heterocycles. The van der Waals surface area contributed by atoms with E-state index >= 15 is 0 Å². The normalized spacial score (nSPS) is 11.8. The SMILES string of the molecule is c1ccc(-c2cc(-c3ccccc3)cc(-c3c4ccccc4c(-c4ccc5c(c4)c4cc(-c6ccccc6)ccc4c4cc6c(cc54)oc4ccccc46)c4ccccc34)c2)cc1. The largest absolute Gasteiger partial charge is 0.456 e. The second kappa shape index (κ2) is 14.2. The van der Waals surface area contributed by atoms with E-state index in [2.05, 4.69) is 224 Å². The molecule has 0 amide bonds. The summed E-state index contributed by atoms with van der Waals surface area (Å²) in [5.41, 5.74) is 13.9. The fourth-order valence-electron chi connectivity index (χ4n) is 10.3. The average molecular weight is 799 g/mol. The van der Waals surface area contributed by atoms with Gasteiger partial charge >= 0.3 is 0 Å². The molecule has 0 saturated heterocycles. The smallest absolute Gasteiger partial charge is 0.136 e. The van der Waals surface area contributed by atoms with Gasteiger partial charge in [0.25, 0.3) is 0 Å². The first-order chi connectivity index (χ1) is 31.2. The summed E-state index contributed by atoms with van der Waals surface area (Å²) in [5.74, 6) is 0. The van der Waals surface area contributed by atoms with Crippen molar-refractivity contribution in [2.45, 2.75) is 0 Å². The Morgan fingerprint density at radius 2 is 0.571 bits per heavy atom. The van der Waals surface area contributed by atoms with E-state index in [0.717, 1.165) is 21.9 Å². The number of rotatable bonds is 5. The maximum absolute atomic E-state index is 6.50. The summed E-state index contributed by atoms with van der Waals surface area (Å²) < 4.78 is 6.50. The lowest BCUT2D eigenvalue weighted by Gasteiger charge is -2.20. The lowest BCUT2D eigenvalue weighted by molar-refractivity contribution is 0.669. The monoisotopic (exact) mass is 798 g/mol. The Kier molecular flexibility index (Phi) is 7.98. The molecule has 63 heavy (non-hydrogen) atoms. The molecule has 0 unspecified atom stereocenters.